The van der Waals surface area contributed by atoms with Crippen LogP contribution in [0.15, 0.2) is 96.4 Å². The van der Waals surface area contributed by atoms with Crippen LogP contribution in [0.25, 0.3) is 11.0 Å². The van der Waals surface area contributed by atoms with Crippen LogP contribution in [0.4, 0.5) is 5.69 Å². The zero-order chi connectivity index (χ0) is 20.3. The number of para-hydroxylation sites is 1. The van der Waals surface area contributed by atoms with Crippen LogP contribution in [0, 0.1) is 0 Å². The molecule has 1 aromatic heterocycles. The number of anilines is 1. The summed E-state index contributed by atoms with van der Waals surface area (Å²) in [6, 6.07) is 26.3. The normalized spacial score (nSPS) is 15.8. The van der Waals surface area contributed by atoms with Gasteiger partial charge in [0.15, 0.2) is 5.11 Å². The molecule has 0 aliphatic carbocycles. The van der Waals surface area contributed by atoms with Gasteiger partial charge >= 0.3 is 0 Å². The van der Waals surface area contributed by atoms with Gasteiger partial charge in [-0.15, -0.1) is 0 Å². The van der Waals surface area contributed by atoms with Gasteiger partial charge in [0.25, 0.3) is 0 Å². The number of hydrazone groups is 1. The molecule has 4 aromatic rings. The first-order valence-electron chi connectivity index (χ1n) is 9.77. The Morgan fingerprint density at radius 1 is 0.867 bits per heavy atom. The molecule has 1 N–H and O–H groups in total. The minimum absolute atomic E-state index is 0.0182. The molecule has 0 saturated heterocycles. The van der Waals surface area contributed by atoms with Gasteiger partial charge in [0.1, 0.15) is 0 Å². The largest absolute Gasteiger partial charge is 0.331 e. The van der Waals surface area contributed by atoms with Gasteiger partial charge in [0, 0.05) is 24.5 Å². The lowest BCUT2D eigenvalue weighted by molar-refractivity contribution is 0.376. The van der Waals surface area contributed by atoms with Crippen molar-refractivity contribution in [2.75, 3.05) is 5.32 Å². The number of benzene rings is 3. The number of rotatable bonds is 3. The predicted octanol–water partition coefficient (Wildman–Crippen LogP) is 5.18. The molecule has 6 heteroatoms. The standard InChI is InChI=1S/C24H19N5S/c30-24(27-19-9-5-2-6-10-19)29-23(16-21(28-29)17-7-3-1-4-8-17)18-11-12-20-22(15-18)26-14-13-25-20/h1-15,23H,16H2,(H,27,30)/t23-/m0/s1. The molecule has 5 nitrogen and oxygen atoms in total. The first kappa shape index (κ1) is 18.4. The molecule has 0 fully saturated rings. The van der Waals surface area contributed by atoms with E-state index in [4.69, 9.17) is 17.3 Å². The molecule has 1 atom stereocenters. The van der Waals surface area contributed by atoms with Crippen molar-refractivity contribution in [3.05, 3.63) is 102 Å². The number of hydrogen-bond acceptors (Lipinski definition) is 4. The topological polar surface area (TPSA) is 53.4 Å². The molecule has 1 aliphatic heterocycles. The van der Waals surface area contributed by atoms with E-state index in [2.05, 4.69) is 39.6 Å². The summed E-state index contributed by atoms with van der Waals surface area (Å²) < 4.78 is 0. The monoisotopic (exact) mass is 409 g/mol. The molecule has 0 radical (unpaired) electrons. The number of nitrogens with one attached hydrogen (secondary N) is 1. The number of thiocarbonyl (C=S) groups is 1. The molecular formula is C24H19N5S. The van der Waals surface area contributed by atoms with E-state index >= 15 is 0 Å². The molecule has 0 amide bonds. The number of hydrogen-bond donors (Lipinski definition) is 1. The average molecular weight is 410 g/mol. The third kappa shape index (κ3) is 3.65. The number of fused-ring (bicyclic) bond motifs is 1. The maximum Gasteiger partial charge on any atom is 0.194 e. The summed E-state index contributed by atoms with van der Waals surface area (Å²) in [6.45, 7) is 0. The summed E-state index contributed by atoms with van der Waals surface area (Å²) in [6.07, 6.45) is 4.18. The number of aromatic nitrogens is 2. The van der Waals surface area contributed by atoms with Gasteiger partial charge in [-0.25, -0.2) is 5.01 Å². The molecule has 0 spiro atoms. The lowest BCUT2D eigenvalue weighted by atomic mass is 9.98. The first-order valence-corrected chi connectivity index (χ1v) is 10.2. The van der Waals surface area contributed by atoms with Gasteiger partial charge in [-0.1, -0.05) is 54.6 Å². The van der Waals surface area contributed by atoms with Crippen LogP contribution in [0.2, 0.25) is 0 Å². The van der Waals surface area contributed by atoms with Crippen LogP contribution in [0.1, 0.15) is 23.6 Å². The molecule has 146 valence electrons. The second-order valence-corrected chi connectivity index (χ2v) is 7.46. The minimum Gasteiger partial charge on any atom is -0.331 e. The molecule has 0 bridgehead atoms. The maximum atomic E-state index is 5.75. The zero-order valence-corrected chi connectivity index (χ0v) is 17.0. The van der Waals surface area contributed by atoms with E-state index < -0.39 is 0 Å². The second kappa shape index (κ2) is 8.00. The molecule has 30 heavy (non-hydrogen) atoms. The molecule has 3 aromatic carbocycles. The van der Waals surface area contributed by atoms with Crippen LogP contribution < -0.4 is 5.32 Å². The van der Waals surface area contributed by atoms with E-state index in [0.717, 1.165) is 40.0 Å². The van der Waals surface area contributed by atoms with Gasteiger partial charge < -0.3 is 5.32 Å². The Morgan fingerprint density at radius 3 is 2.33 bits per heavy atom. The lowest BCUT2D eigenvalue weighted by Gasteiger charge is -2.25. The smallest absolute Gasteiger partial charge is 0.194 e. The molecule has 5 rings (SSSR count). The van der Waals surface area contributed by atoms with Crippen molar-refractivity contribution in [1.82, 2.24) is 15.0 Å². The van der Waals surface area contributed by atoms with E-state index in [1.54, 1.807) is 12.4 Å². The van der Waals surface area contributed by atoms with E-state index in [1.165, 1.54) is 0 Å². The fraction of sp³-hybridized carbons (Fsp3) is 0.0833. The maximum absolute atomic E-state index is 5.75. The van der Waals surface area contributed by atoms with Crippen LogP contribution in [-0.2, 0) is 0 Å². The zero-order valence-electron chi connectivity index (χ0n) is 16.1. The van der Waals surface area contributed by atoms with Crippen molar-refractivity contribution < 1.29 is 0 Å². The fourth-order valence-corrected chi connectivity index (χ4v) is 3.94. The minimum atomic E-state index is -0.0182. The van der Waals surface area contributed by atoms with Crippen molar-refractivity contribution in [1.29, 1.82) is 0 Å². The van der Waals surface area contributed by atoms with Gasteiger partial charge in [0.05, 0.1) is 22.8 Å². The highest BCUT2D eigenvalue weighted by atomic mass is 32.1. The van der Waals surface area contributed by atoms with Crippen molar-refractivity contribution in [2.45, 2.75) is 12.5 Å². The molecule has 0 unspecified atom stereocenters. The van der Waals surface area contributed by atoms with Gasteiger partial charge in [0.2, 0.25) is 0 Å². The second-order valence-electron chi connectivity index (χ2n) is 7.08. The lowest BCUT2D eigenvalue weighted by Crippen LogP contribution is -2.31. The summed E-state index contributed by atoms with van der Waals surface area (Å²) >= 11 is 5.75. The van der Waals surface area contributed by atoms with Crippen molar-refractivity contribution >= 4 is 39.8 Å². The van der Waals surface area contributed by atoms with E-state index in [-0.39, 0.29) is 6.04 Å². The summed E-state index contributed by atoms with van der Waals surface area (Å²) in [5, 5.41) is 10.7. The SMILES string of the molecule is S=C(Nc1ccccc1)N1N=C(c2ccccc2)C[C@H]1c1ccc2nccnc2c1. The third-order valence-corrected chi connectivity index (χ3v) is 5.42. The Bertz CT molecular complexity index is 1220. The predicted molar refractivity (Wildman–Crippen MR) is 124 cm³/mol. The van der Waals surface area contributed by atoms with Crippen molar-refractivity contribution in [3.63, 3.8) is 0 Å². The van der Waals surface area contributed by atoms with Crippen LogP contribution in [-0.4, -0.2) is 25.8 Å². The Balaban J connectivity index is 1.51. The Hall–Kier alpha value is -3.64. The van der Waals surface area contributed by atoms with E-state index in [1.807, 2.05) is 59.6 Å². The van der Waals surface area contributed by atoms with E-state index in [0.29, 0.717) is 5.11 Å². The highest BCUT2D eigenvalue weighted by molar-refractivity contribution is 7.80. The quantitative estimate of drug-likeness (QED) is 0.473. The Kier molecular flexibility index (Phi) is 4.91. The molecular weight excluding hydrogens is 390 g/mol. The average Bonchev–Trinajstić information content (AvgIpc) is 3.26. The highest BCUT2D eigenvalue weighted by Crippen LogP contribution is 2.34. The summed E-state index contributed by atoms with van der Waals surface area (Å²) in [4.78, 5) is 8.84. The molecule has 1 aliphatic rings. The summed E-state index contributed by atoms with van der Waals surface area (Å²) in [7, 11) is 0. The Morgan fingerprint density at radius 2 is 1.57 bits per heavy atom. The molecule has 0 saturated carbocycles. The van der Waals surface area contributed by atoms with Crippen LogP contribution in [0.5, 0.6) is 0 Å². The third-order valence-electron chi connectivity index (χ3n) is 5.13. The Labute approximate surface area is 180 Å². The number of nitrogens with zero attached hydrogens (tertiary/aromatic N) is 4. The summed E-state index contributed by atoms with van der Waals surface area (Å²) in [5.41, 5.74) is 5.90. The van der Waals surface area contributed by atoms with Gasteiger partial charge in [-0.2, -0.15) is 5.10 Å². The van der Waals surface area contributed by atoms with Crippen LogP contribution >= 0.6 is 12.2 Å². The highest BCUT2D eigenvalue weighted by Gasteiger charge is 2.31. The van der Waals surface area contributed by atoms with Crippen molar-refractivity contribution in [3.8, 4) is 0 Å². The molecule has 2 heterocycles. The van der Waals surface area contributed by atoms with E-state index in [9.17, 15) is 0 Å². The van der Waals surface area contributed by atoms with Crippen molar-refractivity contribution in [2.24, 2.45) is 5.10 Å². The van der Waals surface area contributed by atoms with Gasteiger partial charge in [-0.3, -0.25) is 9.97 Å². The summed E-state index contributed by atoms with van der Waals surface area (Å²) in [5.74, 6) is 0. The fourth-order valence-electron chi connectivity index (χ4n) is 3.65. The first-order chi connectivity index (χ1) is 14.8. The van der Waals surface area contributed by atoms with Gasteiger partial charge in [-0.05, 0) is 47.6 Å². The van der Waals surface area contributed by atoms with Crippen LogP contribution in [0.3, 0.4) is 0 Å².